The van der Waals surface area contributed by atoms with Gasteiger partial charge in [-0.3, -0.25) is 0 Å². The van der Waals surface area contributed by atoms with Crippen molar-refractivity contribution >= 4 is 28.8 Å². The Morgan fingerprint density at radius 3 is 1.84 bits per heavy atom. The molecule has 0 saturated heterocycles. The molecule has 50 heavy (non-hydrogen) atoms. The van der Waals surface area contributed by atoms with Crippen molar-refractivity contribution < 1.29 is 0 Å². The zero-order valence-electron chi connectivity index (χ0n) is 30.1. The normalized spacial score (nSPS) is 27.8. The van der Waals surface area contributed by atoms with E-state index in [0.717, 1.165) is 11.8 Å². The summed E-state index contributed by atoms with van der Waals surface area (Å²) < 4.78 is 0. The molecule has 1 nitrogen and oxygen atoms in total. The Bertz CT molecular complexity index is 2080. The summed E-state index contributed by atoms with van der Waals surface area (Å²) in [5.74, 6) is 3.25. The molecule has 4 bridgehead atoms. The van der Waals surface area contributed by atoms with Gasteiger partial charge in [-0.25, -0.2) is 0 Å². The number of nitrogens with zero attached hydrogens (tertiary/aromatic N) is 1. The second-order valence-electron chi connectivity index (χ2n) is 17.7. The van der Waals surface area contributed by atoms with Crippen molar-refractivity contribution in [2.75, 3.05) is 4.90 Å². The van der Waals surface area contributed by atoms with E-state index in [1.807, 2.05) is 11.8 Å². The van der Waals surface area contributed by atoms with E-state index in [4.69, 9.17) is 0 Å². The molecule has 0 atom stereocenters. The number of rotatable bonds is 4. The molecule has 5 aromatic rings. The van der Waals surface area contributed by atoms with Crippen LogP contribution in [0.15, 0.2) is 125 Å². The van der Waals surface area contributed by atoms with Gasteiger partial charge in [0.15, 0.2) is 0 Å². The zero-order valence-corrected chi connectivity index (χ0v) is 30.9. The highest BCUT2D eigenvalue weighted by Gasteiger charge is 2.61. The van der Waals surface area contributed by atoms with Crippen LogP contribution < -0.4 is 4.90 Å². The van der Waals surface area contributed by atoms with Crippen LogP contribution in [0, 0.1) is 23.7 Å². The number of benzene rings is 5. The van der Waals surface area contributed by atoms with Crippen LogP contribution in [0.5, 0.6) is 0 Å². The SMILES string of the molecule is CC1(C)CCC(C)(C)c2cc(-c3ccc(N(c4ccccc4)c4cccc5c4C4(c6ccccc6S5)C5CC6CC(C5)CC4C6)cc3)ccc21. The summed E-state index contributed by atoms with van der Waals surface area (Å²) in [7, 11) is 0. The van der Waals surface area contributed by atoms with Crippen molar-refractivity contribution in [3.63, 3.8) is 0 Å². The molecule has 5 aliphatic carbocycles. The average molecular weight is 672 g/mol. The van der Waals surface area contributed by atoms with Crippen LogP contribution in [0.2, 0.25) is 0 Å². The van der Waals surface area contributed by atoms with Gasteiger partial charge in [0.2, 0.25) is 0 Å². The Kier molecular flexibility index (Phi) is 6.90. The van der Waals surface area contributed by atoms with Gasteiger partial charge in [-0.15, -0.1) is 0 Å². The topological polar surface area (TPSA) is 3.24 Å². The quantitative estimate of drug-likeness (QED) is 0.187. The predicted octanol–water partition coefficient (Wildman–Crippen LogP) is 13.4. The van der Waals surface area contributed by atoms with E-state index in [-0.39, 0.29) is 16.2 Å². The number of hydrogen-bond acceptors (Lipinski definition) is 2. The van der Waals surface area contributed by atoms with E-state index in [1.165, 1.54) is 94.1 Å². The van der Waals surface area contributed by atoms with Crippen LogP contribution in [0.25, 0.3) is 11.1 Å². The standard InChI is InChI=1S/C48H49NS/c1-46(2)23-24-47(3,4)41-30-34(19-22-39(41)46)33-17-20-38(21-18-33)49(37-11-6-5-7-12-37)42-14-10-16-44-45(42)48(40-13-8-9-15-43(40)50-44)35-26-31-25-32(28-35)29-36(48)27-31/h5-22,30-32,35-36H,23-29H2,1-4H3. The maximum atomic E-state index is 2.59. The largest absolute Gasteiger partial charge is 0.310 e. The van der Waals surface area contributed by atoms with Gasteiger partial charge in [0.05, 0.1) is 5.69 Å². The first-order chi connectivity index (χ1) is 24.2. The lowest BCUT2D eigenvalue weighted by Crippen LogP contribution is -2.57. The highest BCUT2D eigenvalue weighted by atomic mass is 32.2. The van der Waals surface area contributed by atoms with Crippen molar-refractivity contribution in [2.45, 2.75) is 98.7 Å². The molecule has 0 aromatic heterocycles. The Balaban J connectivity index is 1.13. The molecule has 4 saturated carbocycles. The average Bonchev–Trinajstić information content (AvgIpc) is 3.12. The summed E-state index contributed by atoms with van der Waals surface area (Å²) in [5.41, 5.74) is 13.2. The van der Waals surface area contributed by atoms with Gasteiger partial charge in [0.25, 0.3) is 0 Å². The number of para-hydroxylation sites is 1. The lowest BCUT2D eigenvalue weighted by atomic mass is 9.42. The van der Waals surface area contributed by atoms with Crippen LogP contribution in [-0.2, 0) is 16.2 Å². The molecule has 0 amide bonds. The van der Waals surface area contributed by atoms with Gasteiger partial charge in [-0.1, -0.05) is 112 Å². The third-order valence-electron chi connectivity index (χ3n) is 14.0. The Labute approximate surface area is 303 Å². The molecule has 0 radical (unpaired) electrons. The highest BCUT2D eigenvalue weighted by molar-refractivity contribution is 7.99. The van der Waals surface area contributed by atoms with Crippen LogP contribution >= 0.6 is 11.8 Å². The lowest BCUT2D eigenvalue weighted by molar-refractivity contribution is -0.0441. The fraction of sp³-hybridized carbons (Fsp3) is 0.375. The van der Waals surface area contributed by atoms with Crippen LogP contribution in [0.4, 0.5) is 17.1 Å². The molecule has 252 valence electrons. The maximum Gasteiger partial charge on any atom is 0.0514 e. The van der Waals surface area contributed by atoms with Crippen molar-refractivity contribution in [2.24, 2.45) is 23.7 Å². The maximum absolute atomic E-state index is 2.59. The summed E-state index contributed by atoms with van der Waals surface area (Å²) in [6, 6.07) is 44.6. The highest BCUT2D eigenvalue weighted by Crippen LogP contribution is 2.70. The van der Waals surface area contributed by atoms with E-state index in [1.54, 1.807) is 11.1 Å². The molecule has 5 aromatic carbocycles. The molecule has 6 aliphatic rings. The second-order valence-corrected chi connectivity index (χ2v) is 18.8. The third-order valence-corrected chi connectivity index (χ3v) is 15.1. The Morgan fingerprint density at radius 1 is 0.520 bits per heavy atom. The second kappa shape index (κ2) is 11.1. The molecule has 4 fully saturated rings. The molecule has 1 heterocycles. The minimum absolute atomic E-state index is 0.0673. The van der Waals surface area contributed by atoms with Gasteiger partial charge in [0, 0.05) is 32.1 Å². The van der Waals surface area contributed by atoms with Crippen LogP contribution in [-0.4, -0.2) is 0 Å². The van der Waals surface area contributed by atoms with Gasteiger partial charge >= 0.3 is 0 Å². The van der Waals surface area contributed by atoms with Gasteiger partial charge < -0.3 is 4.90 Å². The summed E-state index contributed by atoms with van der Waals surface area (Å²) in [5, 5.41) is 0. The minimum atomic E-state index is 0.0673. The molecule has 11 rings (SSSR count). The molecule has 0 unspecified atom stereocenters. The van der Waals surface area contributed by atoms with E-state index in [9.17, 15) is 0 Å². The van der Waals surface area contributed by atoms with Gasteiger partial charge in [-0.05, 0) is 150 Å². The number of anilines is 3. The van der Waals surface area contributed by atoms with Crippen molar-refractivity contribution in [1.82, 2.24) is 0 Å². The first-order valence-corrected chi connectivity index (χ1v) is 20.1. The fourth-order valence-electron chi connectivity index (χ4n) is 11.7. The molecular weight excluding hydrogens is 623 g/mol. The van der Waals surface area contributed by atoms with Crippen LogP contribution in [0.3, 0.4) is 0 Å². The summed E-state index contributed by atoms with van der Waals surface area (Å²) in [4.78, 5) is 5.53. The Morgan fingerprint density at radius 2 is 1.12 bits per heavy atom. The van der Waals surface area contributed by atoms with Crippen molar-refractivity contribution in [3.05, 3.63) is 138 Å². The first kappa shape index (κ1) is 31.0. The zero-order chi connectivity index (χ0) is 33.8. The summed E-state index contributed by atoms with van der Waals surface area (Å²) in [6.45, 7) is 9.69. The molecule has 0 N–H and O–H groups in total. The lowest BCUT2D eigenvalue weighted by Gasteiger charge is -2.63. The predicted molar refractivity (Wildman–Crippen MR) is 210 cm³/mol. The number of hydrogen-bond donors (Lipinski definition) is 0. The molecule has 2 heteroatoms. The summed E-state index contributed by atoms with van der Waals surface area (Å²) in [6.07, 6.45) is 9.48. The molecular formula is C48H49NS. The summed E-state index contributed by atoms with van der Waals surface area (Å²) >= 11 is 2.01. The van der Waals surface area contributed by atoms with E-state index in [2.05, 4.69) is 148 Å². The fourth-order valence-corrected chi connectivity index (χ4v) is 13.0. The monoisotopic (exact) mass is 671 g/mol. The van der Waals surface area contributed by atoms with Gasteiger partial charge in [-0.2, -0.15) is 0 Å². The van der Waals surface area contributed by atoms with E-state index < -0.39 is 0 Å². The minimum Gasteiger partial charge on any atom is -0.310 e. The van der Waals surface area contributed by atoms with Crippen molar-refractivity contribution in [3.8, 4) is 11.1 Å². The first-order valence-electron chi connectivity index (χ1n) is 19.2. The van der Waals surface area contributed by atoms with E-state index in [0.29, 0.717) is 11.8 Å². The van der Waals surface area contributed by atoms with Crippen molar-refractivity contribution in [1.29, 1.82) is 0 Å². The Hall–Kier alpha value is -3.75. The molecule has 1 spiro atoms. The molecule has 1 aliphatic heterocycles. The van der Waals surface area contributed by atoms with Gasteiger partial charge in [0.1, 0.15) is 0 Å². The van der Waals surface area contributed by atoms with Crippen LogP contribution in [0.1, 0.15) is 94.9 Å². The van der Waals surface area contributed by atoms with E-state index >= 15 is 0 Å². The number of fused-ring (bicyclic) bond motifs is 3. The smallest absolute Gasteiger partial charge is 0.0514 e. The third kappa shape index (κ3) is 4.52.